The third-order valence-electron chi connectivity index (χ3n) is 6.81. The van der Waals surface area contributed by atoms with Gasteiger partial charge in [-0.25, -0.2) is 13.4 Å². The molecule has 1 N–H and O–H groups in total. The summed E-state index contributed by atoms with van der Waals surface area (Å²) in [5.41, 5.74) is 0.840. The van der Waals surface area contributed by atoms with E-state index in [9.17, 15) is 17.6 Å². The van der Waals surface area contributed by atoms with Crippen molar-refractivity contribution in [1.29, 1.82) is 0 Å². The average Bonchev–Trinajstić information content (AvgIpc) is 3.67. The number of halogens is 1. The Morgan fingerprint density at radius 2 is 1.73 bits per heavy atom. The van der Waals surface area contributed by atoms with Crippen molar-refractivity contribution in [1.82, 2.24) is 9.97 Å². The molecule has 30 heavy (non-hydrogen) atoms. The quantitative estimate of drug-likeness (QED) is 0.611. The lowest BCUT2D eigenvalue weighted by molar-refractivity contribution is 0.0958. The molecule has 1 aromatic heterocycles. The number of carbonyl (C=O) groups is 1. The van der Waals surface area contributed by atoms with E-state index < -0.39 is 15.8 Å². The molecule has 160 valence electrons. The van der Waals surface area contributed by atoms with Gasteiger partial charge in [0.2, 0.25) is 5.95 Å². The van der Waals surface area contributed by atoms with Crippen LogP contribution in [-0.2, 0) is 9.84 Å². The standard InChI is InChI=1S/C23H27FN2O3S/c24-22-20(21(27)16-5-6-16)25-23(26-22)19(13-14-3-1-2-4-14)15-7-9-17(10-8-15)30(28,29)18-11-12-18/h7-10,14,16,18-19H,1-6,11-13H2,(H,25,26). The minimum absolute atomic E-state index is 0.0724. The van der Waals surface area contributed by atoms with Crippen LogP contribution in [0.1, 0.15) is 85.6 Å². The lowest BCUT2D eigenvalue weighted by Gasteiger charge is -2.19. The average molecular weight is 431 g/mol. The van der Waals surface area contributed by atoms with Gasteiger partial charge in [0.1, 0.15) is 5.82 Å². The van der Waals surface area contributed by atoms with Crippen LogP contribution in [0.3, 0.4) is 0 Å². The molecule has 5 nitrogen and oxygen atoms in total. The number of rotatable bonds is 8. The number of carbonyl (C=O) groups excluding carboxylic acids is 1. The topological polar surface area (TPSA) is 79.9 Å². The van der Waals surface area contributed by atoms with E-state index in [4.69, 9.17) is 0 Å². The molecular weight excluding hydrogens is 403 g/mol. The largest absolute Gasteiger partial charge is 0.318 e. The second kappa shape index (κ2) is 7.59. The van der Waals surface area contributed by atoms with Crippen LogP contribution in [0.4, 0.5) is 4.39 Å². The molecular formula is C23H27FN2O3S. The summed E-state index contributed by atoms with van der Waals surface area (Å²) >= 11 is 0. The highest BCUT2D eigenvalue weighted by Gasteiger charge is 2.37. The summed E-state index contributed by atoms with van der Waals surface area (Å²) in [6, 6.07) is 7.00. The Morgan fingerprint density at radius 1 is 1.07 bits per heavy atom. The van der Waals surface area contributed by atoms with Crippen LogP contribution in [0.5, 0.6) is 0 Å². The number of Topliss-reactive ketones (excluding diaryl/α,β-unsaturated/α-hetero) is 1. The number of aromatic nitrogens is 2. The van der Waals surface area contributed by atoms with E-state index in [1.165, 1.54) is 12.8 Å². The van der Waals surface area contributed by atoms with E-state index >= 15 is 0 Å². The number of imidazole rings is 1. The number of hydrogen-bond donors (Lipinski definition) is 1. The summed E-state index contributed by atoms with van der Waals surface area (Å²) in [6.45, 7) is 0. The van der Waals surface area contributed by atoms with Gasteiger partial charge in [0.05, 0.1) is 10.1 Å². The summed E-state index contributed by atoms with van der Waals surface area (Å²) in [5.74, 6) is -0.120. The van der Waals surface area contributed by atoms with Crippen LogP contribution in [0.15, 0.2) is 29.2 Å². The smallest absolute Gasteiger partial charge is 0.222 e. The molecule has 3 fully saturated rings. The molecule has 0 spiro atoms. The first kappa shape index (κ1) is 19.9. The van der Waals surface area contributed by atoms with Crippen LogP contribution in [0, 0.1) is 17.8 Å². The molecule has 0 aliphatic heterocycles. The van der Waals surface area contributed by atoms with Gasteiger partial charge in [-0.2, -0.15) is 4.39 Å². The fourth-order valence-corrected chi connectivity index (χ4v) is 6.34. The first-order valence-electron chi connectivity index (χ1n) is 11.1. The molecule has 7 heteroatoms. The van der Waals surface area contributed by atoms with Crippen molar-refractivity contribution >= 4 is 15.6 Å². The fourth-order valence-electron chi connectivity index (χ4n) is 4.68. The number of aromatic amines is 1. The molecule has 0 amide bonds. The molecule has 1 unspecified atom stereocenters. The van der Waals surface area contributed by atoms with Crippen molar-refractivity contribution < 1.29 is 17.6 Å². The molecule has 3 saturated carbocycles. The van der Waals surface area contributed by atoms with Gasteiger partial charge in [-0.1, -0.05) is 37.8 Å². The lowest BCUT2D eigenvalue weighted by Crippen LogP contribution is -2.11. The lowest BCUT2D eigenvalue weighted by atomic mass is 9.87. The Bertz CT molecular complexity index is 1050. The van der Waals surface area contributed by atoms with Crippen molar-refractivity contribution in [3.05, 3.63) is 47.3 Å². The van der Waals surface area contributed by atoms with Crippen LogP contribution in [-0.4, -0.2) is 29.4 Å². The van der Waals surface area contributed by atoms with E-state index in [-0.39, 0.29) is 28.6 Å². The van der Waals surface area contributed by atoms with Crippen molar-refractivity contribution in [2.24, 2.45) is 11.8 Å². The number of ketones is 1. The zero-order valence-electron chi connectivity index (χ0n) is 16.9. The summed E-state index contributed by atoms with van der Waals surface area (Å²) in [7, 11) is -3.24. The van der Waals surface area contributed by atoms with Gasteiger partial charge in [0, 0.05) is 11.8 Å². The maximum absolute atomic E-state index is 14.5. The molecule has 5 rings (SSSR count). The Labute approximate surface area is 176 Å². The summed E-state index contributed by atoms with van der Waals surface area (Å²) in [4.78, 5) is 19.9. The van der Waals surface area contributed by atoms with E-state index in [1.54, 1.807) is 12.1 Å². The maximum Gasteiger partial charge on any atom is 0.222 e. The van der Waals surface area contributed by atoms with Gasteiger partial charge in [0.15, 0.2) is 21.3 Å². The minimum atomic E-state index is -3.24. The highest BCUT2D eigenvalue weighted by Crippen LogP contribution is 2.39. The predicted octanol–water partition coefficient (Wildman–Crippen LogP) is 4.79. The van der Waals surface area contributed by atoms with Crippen molar-refractivity contribution in [3.8, 4) is 0 Å². The summed E-state index contributed by atoms with van der Waals surface area (Å²) in [6.07, 6.45) is 8.59. The first-order chi connectivity index (χ1) is 14.4. The Balaban J connectivity index is 1.46. The second-order valence-corrected chi connectivity index (χ2v) is 11.4. The van der Waals surface area contributed by atoms with E-state index in [0.29, 0.717) is 16.6 Å². The monoisotopic (exact) mass is 430 g/mol. The summed E-state index contributed by atoms with van der Waals surface area (Å²) < 4.78 is 39.6. The highest BCUT2D eigenvalue weighted by atomic mass is 32.2. The SMILES string of the molecule is O=C(c1nc(C(CC2CCCC2)c2ccc(S(=O)(=O)C3CC3)cc2)[nH]c1F)C1CC1. The molecule has 3 aliphatic carbocycles. The molecule has 0 saturated heterocycles. The second-order valence-electron chi connectivity index (χ2n) is 9.18. The van der Waals surface area contributed by atoms with Gasteiger partial charge in [0.25, 0.3) is 0 Å². The Hall–Kier alpha value is -2.02. The highest BCUT2D eigenvalue weighted by molar-refractivity contribution is 7.92. The third-order valence-corrected chi connectivity index (χ3v) is 9.09. The van der Waals surface area contributed by atoms with Crippen LogP contribution < -0.4 is 0 Å². The van der Waals surface area contributed by atoms with Crippen LogP contribution in [0.2, 0.25) is 0 Å². The Kier molecular flexibility index (Phi) is 5.04. The normalized spacial score (nSPS) is 21.1. The fraction of sp³-hybridized carbons (Fsp3) is 0.565. The number of hydrogen-bond acceptors (Lipinski definition) is 4. The number of nitrogens with one attached hydrogen (secondary N) is 1. The van der Waals surface area contributed by atoms with Crippen LogP contribution in [0.25, 0.3) is 0 Å². The molecule has 0 radical (unpaired) electrons. The van der Waals surface area contributed by atoms with Gasteiger partial charge < -0.3 is 4.98 Å². The van der Waals surface area contributed by atoms with Gasteiger partial charge in [-0.15, -0.1) is 0 Å². The Morgan fingerprint density at radius 3 is 2.33 bits per heavy atom. The van der Waals surface area contributed by atoms with Crippen molar-refractivity contribution in [2.45, 2.75) is 73.9 Å². The number of nitrogens with zero attached hydrogens (tertiary/aromatic N) is 1. The van der Waals surface area contributed by atoms with E-state index in [1.807, 2.05) is 12.1 Å². The van der Waals surface area contributed by atoms with Gasteiger partial charge in [-0.05, 0) is 55.7 Å². The van der Waals surface area contributed by atoms with Gasteiger partial charge in [-0.3, -0.25) is 4.79 Å². The molecule has 1 heterocycles. The number of benzene rings is 1. The zero-order chi connectivity index (χ0) is 20.9. The van der Waals surface area contributed by atoms with E-state index in [2.05, 4.69) is 9.97 Å². The van der Waals surface area contributed by atoms with Gasteiger partial charge >= 0.3 is 0 Å². The minimum Gasteiger partial charge on any atom is -0.318 e. The van der Waals surface area contributed by atoms with Crippen molar-refractivity contribution in [3.63, 3.8) is 0 Å². The molecule has 1 atom stereocenters. The van der Waals surface area contributed by atoms with Crippen LogP contribution >= 0.6 is 0 Å². The van der Waals surface area contributed by atoms with Crippen molar-refractivity contribution in [2.75, 3.05) is 0 Å². The predicted molar refractivity (Wildman–Crippen MR) is 111 cm³/mol. The summed E-state index contributed by atoms with van der Waals surface area (Å²) in [5, 5.41) is -0.243. The first-order valence-corrected chi connectivity index (χ1v) is 12.6. The van der Waals surface area contributed by atoms with E-state index in [0.717, 1.165) is 50.5 Å². The molecule has 0 bridgehead atoms. The molecule has 3 aliphatic rings. The maximum atomic E-state index is 14.5. The molecule has 2 aromatic rings. The number of sulfone groups is 1. The molecule has 1 aromatic carbocycles. The number of H-pyrrole nitrogens is 1. The zero-order valence-corrected chi connectivity index (χ0v) is 17.8. The third kappa shape index (κ3) is 3.84.